The van der Waals surface area contributed by atoms with Crippen LogP contribution in [0.5, 0.6) is 0 Å². The number of hydrogen-bond acceptors (Lipinski definition) is 9. The summed E-state index contributed by atoms with van der Waals surface area (Å²) in [6.45, 7) is 5.66. The zero-order valence-electron chi connectivity index (χ0n) is 22.6. The van der Waals surface area contributed by atoms with Crippen molar-refractivity contribution in [2.75, 3.05) is 6.54 Å². The standard InChI is InChI=1S/C23H41N7O9/c1-11(25)18(33)29-16(8-9-17(31)32)22(37)27-12(2)19(34)26-13(3)20(35)30-15(7-5-6-10-24)21(36)28-14(4)23(38)39/h11-16H,5-10,24-25H2,1-4H3,(H,26,34)(H,27,37)(H,28,36)(H,29,33)(H,30,35)(H,31,32)(H,38,39)/t11-,12-,13-,14-,15-,16-/m0/s1. The summed E-state index contributed by atoms with van der Waals surface area (Å²) in [5.41, 5.74) is 10.9. The molecule has 0 saturated heterocycles. The van der Waals surface area contributed by atoms with Gasteiger partial charge in [0.1, 0.15) is 30.2 Å². The number of aliphatic carboxylic acids is 2. The molecule has 16 nitrogen and oxygen atoms in total. The summed E-state index contributed by atoms with van der Waals surface area (Å²) in [6, 6.07) is -6.84. The first-order valence-electron chi connectivity index (χ1n) is 12.5. The number of carbonyl (C=O) groups excluding carboxylic acids is 5. The predicted octanol–water partition coefficient (Wildman–Crippen LogP) is -3.10. The molecule has 39 heavy (non-hydrogen) atoms. The van der Waals surface area contributed by atoms with E-state index in [0.717, 1.165) is 0 Å². The smallest absolute Gasteiger partial charge is 0.325 e. The van der Waals surface area contributed by atoms with Crippen molar-refractivity contribution in [3.63, 3.8) is 0 Å². The van der Waals surface area contributed by atoms with Gasteiger partial charge in [0.15, 0.2) is 0 Å². The number of rotatable bonds is 18. The maximum atomic E-state index is 12.7. The van der Waals surface area contributed by atoms with E-state index in [0.29, 0.717) is 19.4 Å². The highest BCUT2D eigenvalue weighted by Gasteiger charge is 2.29. The molecule has 6 atom stereocenters. The molecule has 0 aliphatic rings. The van der Waals surface area contributed by atoms with Crippen molar-refractivity contribution in [1.29, 1.82) is 0 Å². The third kappa shape index (κ3) is 14.1. The summed E-state index contributed by atoms with van der Waals surface area (Å²) in [5.74, 6) is -6.18. The Morgan fingerprint density at radius 2 is 1.05 bits per heavy atom. The average Bonchev–Trinajstić information content (AvgIpc) is 2.84. The first-order valence-corrected chi connectivity index (χ1v) is 12.5. The summed E-state index contributed by atoms with van der Waals surface area (Å²) < 4.78 is 0. The van der Waals surface area contributed by atoms with Gasteiger partial charge in [0, 0.05) is 6.42 Å². The third-order valence-electron chi connectivity index (χ3n) is 5.51. The van der Waals surface area contributed by atoms with Crippen LogP contribution in [0.15, 0.2) is 0 Å². The Morgan fingerprint density at radius 1 is 0.615 bits per heavy atom. The second kappa shape index (κ2) is 17.7. The van der Waals surface area contributed by atoms with E-state index in [4.69, 9.17) is 21.7 Å². The molecule has 0 saturated carbocycles. The number of hydrogen-bond donors (Lipinski definition) is 9. The monoisotopic (exact) mass is 559 g/mol. The second-order valence-corrected chi connectivity index (χ2v) is 9.16. The summed E-state index contributed by atoms with van der Waals surface area (Å²) in [6.07, 6.45) is 0.540. The lowest BCUT2D eigenvalue weighted by Gasteiger charge is -2.24. The van der Waals surface area contributed by atoms with Crippen LogP contribution in [0, 0.1) is 0 Å². The minimum Gasteiger partial charge on any atom is -0.481 e. The van der Waals surface area contributed by atoms with Crippen LogP contribution in [0.25, 0.3) is 0 Å². The molecule has 0 unspecified atom stereocenters. The van der Waals surface area contributed by atoms with Gasteiger partial charge < -0.3 is 48.3 Å². The fraction of sp³-hybridized carbons (Fsp3) is 0.696. The molecule has 0 radical (unpaired) electrons. The molecule has 222 valence electrons. The number of nitrogens with one attached hydrogen (secondary N) is 5. The quantitative estimate of drug-likeness (QED) is 0.0758. The van der Waals surface area contributed by atoms with Crippen molar-refractivity contribution >= 4 is 41.5 Å². The van der Waals surface area contributed by atoms with E-state index in [1.54, 1.807) is 0 Å². The summed E-state index contributed by atoms with van der Waals surface area (Å²) in [4.78, 5) is 84.3. The lowest BCUT2D eigenvalue weighted by atomic mass is 10.1. The molecule has 0 heterocycles. The normalized spacial score (nSPS) is 15.3. The van der Waals surface area contributed by atoms with E-state index in [9.17, 15) is 33.6 Å². The van der Waals surface area contributed by atoms with Gasteiger partial charge in [-0.2, -0.15) is 0 Å². The molecule has 5 amide bonds. The SMILES string of the molecule is C[C@H](N)C(=O)N[C@@H](CCC(=O)O)C(=O)N[C@@H](C)C(=O)N[C@@H](C)C(=O)N[C@@H](CCCCN)C(=O)N[C@@H](C)C(=O)O. The highest BCUT2D eigenvalue weighted by atomic mass is 16.4. The Kier molecular flexibility index (Phi) is 16.0. The topological polar surface area (TPSA) is 272 Å². The number of amides is 5. The zero-order chi connectivity index (χ0) is 30.3. The molecule has 0 spiro atoms. The highest BCUT2D eigenvalue weighted by Crippen LogP contribution is 2.04. The van der Waals surface area contributed by atoms with Crippen molar-refractivity contribution in [2.45, 2.75) is 96.1 Å². The molecule has 0 aromatic heterocycles. The van der Waals surface area contributed by atoms with Crippen LogP contribution in [-0.4, -0.2) is 94.5 Å². The first-order chi connectivity index (χ1) is 18.1. The molecule has 0 aliphatic heterocycles. The van der Waals surface area contributed by atoms with Gasteiger partial charge in [-0.15, -0.1) is 0 Å². The zero-order valence-corrected chi connectivity index (χ0v) is 22.6. The molecule has 0 rings (SSSR count). The molecule has 0 aliphatic carbocycles. The van der Waals surface area contributed by atoms with Gasteiger partial charge in [-0.1, -0.05) is 0 Å². The highest BCUT2D eigenvalue weighted by molar-refractivity contribution is 5.96. The lowest BCUT2D eigenvalue weighted by Crippen LogP contribution is -2.58. The Bertz CT molecular complexity index is 897. The number of nitrogens with two attached hydrogens (primary N) is 2. The first kappa shape index (κ1) is 35.2. The number of carbonyl (C=O) groups is 7. The van der Waals surface area contributed by atoms with E-state index in [1.165, 1.54) is 27.7 Å². The van der Waals surface area contributed by atoms with Crippen molar-refractivity contribution in [3.05, 3.63) is 0 Å². The number of carboxylic acids is 2. The molecule has 0 fully saturated rings. The number of unbranched alkanes of at least 4 members (excludes halogenated alkanes) is 1. The van der Waals surface area contributed by atoms with Crippen molar-refractivity contribution in [1.82, 2.24) is 26.6 Å². The second-order valence-electron chi connectivity index (χ2n) is 9.16. The van der Waals surface area contributed by atoms with E-state index in [2.05, 4.69) is 26.6 Å². The summed E-state index contributed by atoms with van der Waals surface area (Å²) in [7, 11) is 0. The van der Waals surface area contributed by atoms with E-state index in [1.807, 2.05) is 0 Å². The summed E-state index contributed by atoms with van der Waals surface area (Å²) in [5, 5.41) is 29.8. The van der Waals surface area contributed by atoms with E-state index in [-0.39, 0.29) is 12.8 Å². The predicted molar refractivity (Wildman–Crippen MR) is 138 cm³/mol. The average molecular weight is 560 g/mol. The molecular formula is C23H41N7O9. The third-order valence-corrected chi connectivity index (χ3v) is 5.51. The van der Waals surface area contributed by atoms with Crippen LogP contribution in [0.3, 0.4) is 0 Å². The van der Waals surface area contributed by atoms with Crippen LogP contribution in [-0.2, 0) is 33.6 Å². The fourth-order valence-corrected chi connectivity index (χ4v) is 3.06. The van der Waals surface area contributed by atoms with Crippen molar-refractivity contribution in [3.8, 4) is 0 Å². The number of carboxylic acid groups (broad SMARTS) is 2. The van der Waals surface area contributed by atoms with Crippen LogP contribution in [0.1, 0.15) is 59.8 Å². The Labute approximate surface area is 226 Å². The minimum absolute atomic E-state index is 0.180. The van der Waals surface area contributed by atoms with Gasteiger partial charge in [-0.25, -0.2) is 0 Å². The van der Waals surface area contributed by atoms with Crippen LogP contribution in [0.2, 0.25) is 0 Å². The van der Waals surface area contributed by atoms with Crippen LogP contribution >= 0.6 is 0 Å². The Morgan fingerprint density at radius 3 is 1.51 bits per heavy atom. The van der Waals surface area contributed by atoms with Gasteiger partial charge in [0.05, 0.1) is 6.04 Å². The molecule has 0 aromatic rings. The lowest BCUT2D eigenvalue weighted by molar-refractivity contribution is -0.142. The van der Waals surface area contributed by atoms with E-state index < -0.39 is 84.1 Å². The van der Waals surface area contributed by atoms with Gasteiger partial charge in [0.2, 0.25) is 29.5 Å². The van der Waals surface area contributed by atoms with Gasteiger partial charge in [0.25, 0.3) is 0 Å². The Balaban J connectivity index is 5.21. The molecule has 16 heteroatoms. The minimum atomic E-state index is -1.27. The van der Waals surface area contributed by atoms with Gasteiger partial charge in [-0.05, 0) is 59.9 Å². The van der Waals surface area contributed by atoms with Crippen LogP contribution in [0.4, 0.5) is 0 Å². The fourth-order valence-electron chi connectivity index (χ4n) is 3.06. The van der Waals surface area contributed by atoms with E-state index >= 15 is 0 Å². The van der Waals surface area contributed by atoms with Crippen molar-refractivity contribution < 1.29 is 43.8 Å². The van der Waals surface area contributed by atoms with Gasteiger partial charge >= 0.3 is 11.9 Å². The molecule has 0 bridgehead atoms. The Hall–Kier alpha value is -3.79. The summed E-state index contributed by atoms with van der Waals surface area (Å²) >= 11 is 0. The van der Waals surface area contributed by atoms with Crippen LogP contribution < -0.4 is 38.1 Å². The maximum Gasteiger partial charge on any atom is 0.325 e. The molecule has 0 aromatic carbocycles. The molecular weight excluding hydrogens is 518 g/mol. The maximum absolute atomic E-state index is 12.7. The largest absolute Gasteiger partial charge is 0.481 e. The van der Waals surface area contributed by atoms with Gasteiger partial charge in [-0.3, -0.25) is 33.6 Å². The molecule has 11 N–H and O–H groups in total. The van der Waals surface area contributed by atoms with Crippen molar-refractivity contribution in [2.24, 2.45) is 11.5 Å².